The lowest BCUT2D eigenvalue weighted by Gasteiger charge is -2.38. The van der Waals surface area contributed by atoms with E-state index in [0.29, 0.717) is 12.0 Å². The van der Waals surface area contributed by atoms with Gasteiger partial charge < -0.3 is 19.5 Å². The molecule has 2 aliphatic rings. The van der Waals surface area contributed by atoms with Crippen LogP contribution in [0.2, 0.25) is 0 Å². The van der Waals surface area contributed by atoms with Crippen LogP contribution in [0.1, 0.15) is 43.8 Å². The zero-order valence-electron chi connectivity index (χ0n) is 15.6. The fourth-order valence-electron chi connectivity index (χ4n) is 3.62. The zero-order valence-corrected chi connectivity index (χ0v) is 18.0. The molecule has 3 rings (SSSR count). The summed E-state index contributed by atoms with van der Waals surface area (Å²) >= 11 is 0. The lowest BCUT2D eigenvalue weighted by atomic mass is 9.68. The molecule has 1 aliphatic heterocycles. The van der Waals surface area contributed by atoms with E-state index in [-0.39, 0.29) is 24.0 Å². The molecule has 2 fully saturated rings. The first-order chi connectivity index (χ1) is 11.6. The van der Waals surface area contributed by atoms with Crippen LogP contribution < -0.4 is 5.32 Å². The number of aryl methyl sites for hydroxylation is 1. The van der Waals surface area contributed by atoms with Crippen molar-refractivity contribution >= 4 is 29.9 Å². The van der Waals surface area contributed by atoms with Crippen molar-refractivity contribution in [3.8, 4) is 0 Å². The molecule has 0 unspecified atom stereocenters. The lowest BCUT2D eigenvalue weighted by Crippen LogP contribution is -2.43. The van der Waals surface area contributed by atoms with Crippen LogP contribution in [0, 0.1) is 12.3 Å². The van der Waals surface area contributed by atoms with Crippen molar-refractivity contribution < 1.29 is 4.74 Å². The Morgan fingerprint density at radius 1 is 1.32 bits per heavy atom. The molecule has 0 aromatic carbocycles. The molecule has 1 saturated carbocycles. The number of guanidine groups is 1. The van der Waals surface area contributed by atoms with Crippen molar-refractivity contribution in [1.29, 1.82) is 0 Å². The smallest absolute Gasteiger partial charge is 0.194 e. The minimum absolute atomic E-state index is 0. The van der Waals surface area contributed by atoms with Gasteiger partial charge in [0.25, 0.3) is 0 Å². The van der Waals surface area contributed by atoms with Crippen molar-refractivity contribution in [2.45, 2.75) is 45.6 Å². The predicted molar refractivity (Wildman–Crippen MR) is 109 cm³/mol. The summed E-state index contributed by atoms with van der Waals surface area (Å²) in [6.45, 7) is 6.42. The number of methoxy groups -OCH3 is 1. The van der Waals surface area contributed by atoms with Gasteiger partial charge in [-0.1, -0.05) is 6.42 Å². The van der Waals surface area contributed by atoms with Gasteiger partial charge in [-0.05, 0) is 38.0 Å². The van der Waals surface area contributed by atoms with Crippen LogP contribution in [0.3, 0.4) is 0 Å². The summed E-state index contributed by atoms with van der Waals surface area (Å²) in [6, 6.07) is 0. The first-order valence-electron chi connectivity index (χ1n) is 9.01. The molecule has 7 nitrogen and oxygen atoms in total. The fraction of sp³-hybridized carbons (Fsp3) is 0.824. The summed E-state index contributed by atoms with van der Waals surface area (Å²) in [6.07, 6.45) is 6.43. The zero-order chi connectivity index (χ0) is 17.0. The fourth-order valence-corrected chi connectivity index (χ4v) is 3.62. The molecule has 2 heterocycles. The molecule has 0 bridgehead atoms. The number of nitrogens with zero attached hydrogens (tertiary/aromatic N) is 5. The van der Waals surface area contributed by atoms with Crippen LogP contribution in [-0.4, -0.2) is 59.0 Å². The number of nitrogens with one attached hydrogen (secondary N) is 1. The average Bonchev–Trinajstić information content (AvgIpc) is 3.13. The van der Waals surface area contributed by atoms with Crippen molar-refractivity contribution in [2.24, 2.45) is 17.5 Å². The van der Waals surface area contributed by atoms with Gasteiger partial charge in [-0.2, -0.15) is 0 Å². The minimum atomic E-state index is 0. The van der Waals surface area contributed by atoms with Crippen LogP contribution >= 0.6 is 24.0 Å². The Hall–Kier alpha value is -0.900. The Morgan fingerprint density at radius 2 is 2.12 bits per heavy atom. The maximum absolute atomic E-state index is 5.14. The summed E-state index contributed by atoms with van der Waals surface area (Å²) in [5.41, 5.74) is 0.566. The summed E-state index contributed by atoms with van der Waals surface area (Å²) in [7, 11) is 3.73. The summed E-state index contributed by atoms with van der Waals surface area (Å²) < 4.78 is 7.14. The normalized spacial score (nSPS) is 19.0. The molecule has 1 spiro atoms. The topological polar surface area (TPSA) is 67.6 Å². The van der Waals surface area contributed by atoms with Gasteiger partial charge in [-0.15, -0.1) is 34.2 Å². The van der Waals surface area contributed by atoms with E-state index < -0.39 is 0 Å². The third kappa shape index (κ3) is 4.84. The molecule has 0 radical (unpaired) electrons. The number of aromatic nitrogens is 3. The van der Waals surface area contributed by atoms with Gasteiger partial charge >= 0.3 is 0 Å². The first kappa shape index (κ1) is 20.4. The van der Waals surface area contributed by atoms with Gasteiger partial charge in [0.15, 0.2) is 11.8 Å². The van der Waals surface area contributed by atoms with Gasteiger partial charge in [0.05, 0.1) is 0 Å². The van der Waals surface area contributed by atoms with Crippen molar-refractivity contribution in [3.05, 3.63) is 11.6 Å². The molecule has 1 aliphatic carbocycles. The minimum Gasteiger partial charge on any atom is -0.385 e. The second-order valence-electron chi connectivity index (χ2n) is 7.16. The summed E-state index contributed by atoms with van der Waals surface area (Å²) in [5, 5.41) is 11.9. The molecular formula is C17H31IN6O. The van der Waals surface area contributed by atoms with E-state index in [0.717, 1.165) is 50.3 Å². The van der Waals surface area contributed by atoms with Crippen molar-refractivity contribution in [2.75, 3.05) is 33.4 Å². The molecule has 1 N–H and O–H groups in total. The lowest BCUT2D eigenvalue weighted by molar-refractivity contribution is 0.151. The SMILES string of the molecule is COCCCNC(=NCc1nnc(C)n1C)N1CCC2(CCC2)C1.I. The quantitative estimate of drug-likeness (QED) is 0.304. The van der Waals surface area contributed by atoms with E-state index in [4.69, 9.17) is 9.73 Å². The van der Waals surface area contributed by atoms with Gasteiger partial charge in [0.2, 0.25) is 0 Å². The third-order valence-electron chi connectivity index (χ3n) is 5.51. The van der Waals surface area contributed by atoms with Crippen LogP contribution in [0.25, 0.3) is 0 Å². The standard InChI is InChI=1S/C17H30N6O.HI/c1-14-20-21-15(22(14)2)12-19-16(18-9-5-11-24-3)23-10-8-17(13-23)6-4-7-17;/h4-13H2,1-3H3,(H,18,19);1H. The third-order valence-corrected chi connectivity index (χ3v) is 5.51. The Bertz CT molecular complexity index is 584. The molecule has 0 atom stereocenters. The molecule has 8 heteroatoms. The Kier molecular flexibility index (Phi) is 7.48. The highest BCUT2D eigenvalue weighted by molar-refractivity contribution is 14.0. The Labute approximate surface area is 167 Å². The van der Waals surface area contributed by atoms with Gasteiger partial charge in [-0.3, -0.25) is 0 Å². The number of rotatable bonds is 6. The van der Waals surface area contributed by atoms with Crippen molar-refractivity contribution in [1.82, 2.24) is 25.0 Å². The molecule has 1 aromatic heterocycles. The summed E-state index contributed by atoms with van der Waals surface area (Å²) in [5.74, 6) is 2.83. The van der Waals surface area contributed by atoms with E-state index in [2.05, 4.69) is 20.4 Å². The number of ether oxygens (including phenoxy) is 1. The molecule has 1 saturated heterocycles. The highest BCUT2D eigenvalue weighted by atomic mass is 127. The molecule has 142 valence electrons. The van der Waals surface area contributed by atoms with Crippen LogP contribution in [-0.2, 0) is 18.3 Å². The second kappa shape index (κ2) is 9.16. The Balaban J connectivity index is 0.00000225. The highest BCUT2D eigenvalue weighted by Gasteiger charge is 2.43. The molecule has 1 aromatic rings. The van der Waals surface area contributed by atoms with E-state index in [1.807, 2.05) is 18.5 Å². The van der Waals surface area contributed by atoms with E-state index in [9.17, 15) is 0 Å². The van der Waals surface area contributed by atoms with Gasteiger partial charge in [0.1, 0.15) is 12.4 Å². The summed E-state index contributed by atoms with van der Waals surface area (Å²) in [4.78, 5) is 7.26. The maximum Gasteiger partial charge on any atom is 0.194 e. The van der Waals surface area contributed by atoms with Gasteiger partial charge in [-0.25, -0.2) is 4.99 Å². The van der Waals surface area contributed by atoms with E-state index >= 15 is 0 Å². The molecular weight excluding hydrogens is 431 g/mol. The second-order valence-corrected chi connectivity index (χ2v) is 7.16. The van der Waals surface area contributed by atoms with Crippen molar-refractivity contribution in [3.63, 3.8) is 0 Å². The first-order valence-corrected chi connectivity index (χ1v) is 9.01. The van der Waals surface area contributed by atoms with E-state index in [1.54, 1.807) is 7.11 Å². The van der Waals surface area contributed by atoms with Crippen LogP contribution in [0.5, 0.6) is 0 Å². The average molecular weight is 462 g/mol. The predicted octanol–water partition coefficient (Wildman–Crippen LogP) is 2.10. The monoisotopic (exact) mass is 462 g/mol. The van der Waals surface area contributed by atoms with Crippen LogP contribution in [0.4, 0.5) is 0 Å². The van der Waals surface area contributed by atoms with E-state index in [1.165, 1.54) is 25.7 Å². The Morgan fingerprint density at radius 3 is 2.68 bits per heavy atom. The van der Waals surface area contributed by atoms with Crippen LogP contribution in [0.15, 0.2) is 4.99 Å². The molecule has 25 heavy (non-hydrogen) atoms. The number of halogens is 1. The number of likely N-dealkylation sites (tertiary alicyclic amines) is 1. The number of aliphatic imine (C=N–C) groups is 1. The number of hydrogen-bond acceptors (Lipinski definition) is 4. The number of hydrogen-bond donors (Lipinski definition) is 1. The maximum atomic E-state index is 5.14. The highest BCUT2D eigenvalue weighted by Crippen LogP contribution is 2.47. The molecule has 0 amide bonds. The van der Waals surface area contributed by atoms with Gasteiger partial charge in [0, 0.05) is 40.4 Å². The largest absolute Gasteiger partial charge is 0.385 e.